The normalized spacial score (nSPS) is 17.0. The Hall–Kier alpha value is -2.51. The molecular weight excluding hydrogens is 282 g/mol. The van der Waals surface area contributed by atoms with Gasteiger partial charge in [-0.3, -0.25) is 9.48 Å². The van der Waals surface area contributed by atoms with Gasteiger partial charge in [0.15, 0.2) is 0 Å². The molecule has 114 valence electrons. The number of hydrogen-bond donors (Lipinski definition) is 2. The molecule has 0 spiro atoms. The molecule has 1 amide bonds. The number of nitrogens with zero attached hydrogens (tertiary/aromatic N) is 5. The highest BCUT2D eigenvalue weighted by molar-refractivity contribution is 5.96. The van der Waals surface area contributed by atoms with Gasteiger partial charge in [-0.15, -0.1) is 5.10 Å². The lowest BCUT2D eigenvalue weighted by Crippen LogP contribution is -2.34. The number of carbonyl (C=O) groups is 1. The summed E-state index contributed by atoms with van der Waals surface area (Å²) < 4.78 is 1.76. The Morgan fingerprint density at radius 2 is 2.27 bits per heavy atom. The van der Waals surface area contributed by atoms with Crippen molar-refractivity contribution in [2.24, 2.45) is 0 Å². The fourth-order valence-corrected chi connectivity index (χ4v) is 2.62. The minimum absolute atomic E-state index is 0.0927. The Labute approximate surface area is 127 Å². The van der Waals surface area contributed by atoms with Gasteiger partial charge >= 0.3 is 0 Å². The van der Waals surface area contributed by atoms with E-state index in [-0.39, 0.29) is 5.91 Å². The van der Waals surface area contributed by atoms with Crippen LogP contribution in [0.4, 0.5) is 5.82 Å². The van der Waals surface area contributed by atoms with Gasteiger partial charge in [0.1, 0.15) is 17.3 Å². The Morgan fingerprint density at radius 1 is 1.36 bits per heavy atom. The number of carbonyl (C=O) groups excluding carboxylic acids is 1. The molecular formula is C14H17N7O. The van der Waals surface area contributed by atoms with Crippen molar-refractivity contribution in [3.63, 3.8) is 0 Å². The fraction of sp³-hybridized carbons (Fsp3) is 0.500. The van der Waals surface area contributed by atoms with Crippen LogP contribution in [0, 0.1) is 0 Å². The van der Waals surface area contributed by atoms with E-state index in [9.17, 15) is 4.79 Å². The summed E-state index contributed by atoms with van der Waals surface area (Å²) in [5.74, 6) is 1.90. The van der Waals surface area contributed by atoms with E-state index in [0.717, 1.165) is 36.5 Å². The van der Waals surface area contributed by atoms with Crippen molar-refractivity contribution in [1.29, 1.82) is 0 Å². The highest BCUT2D eigenvalue weighted by atomic mass is 16.1. The standard InChI is InChI=1S/C14H17N7O/c22-14-11-10(3-4-16-14)13(19-12(18-11)9-1-2-9)15-5-7-21-8-6-17-20-21/h6,8-9H,1-5,7H2,(H,16,22)(H,15,18,19). The topological polar surface area (TPSA) is 97.6 Å². The summed E-state index contributed by atoms with van der Waals surface area (Å²) in [5, 5.41) is 13.9. The number of hydrogen-bond acceptors (Lipinski definition) is 6. The van der Waals surface area contributed by atoms with E-state index in [2.05, 4.69) is 30.9 Å². The predicted molar refractivity (Wildman–Crippen MR) is 78.6 cm³/mol. The molecule has 8 heteroatoms. The number of rotatable bonds is 5. The largest absolute Gasteiger partial charge is 0.368 e. The maximum Gasteiger partial charge on any atom is 0.270 e. The first-order chi connectivity index (χ1) is 10.8. The van der Waals surface area contributed by atoms with Crippen LogP contribution in [0.25, 0.3) is 0 Å². The molecule has 1 saturated carbocycles. The van der Waals surface area contributed by atoms with Crippen LogP contribution in [0.2, 0.25) is 0 Å². The van der Waals surface area contributed by atoms with Gasteiger partial charge in [0, 0.05) is 30.8 Å². The van der Waals surface area contributed by atoms with Crippen molar-refractivity contribution in [2.45, 2.75) is 31.7 Å². The molecule has 1 fully saturated rings. The first kappa shape index (κ1) is 13.2. The predicted octanol–water partition coefficient (Wildman–Crippen LogP) is 0.343. The summed E-state index contributed by atoms with van der Waals surface area (Å²) in [7, 11) is 0. The molecule has 22 heavy (non-hydrogen) atoms. The second-order valence-corrected chi connectivity index (χ2v) is 5.63. The van der Waals surface area contributed by atoms with Crippen molar-refractivity contribution >= 4 is 11.7 Å². The number of amides is 1. The molecule has 2 N–H and O–H groups in total. The Bertz CT molecular complexity index is 693. The van der Waals surface area contributed by atoms with Gasteiger partial charge in [-0.05, 0) is 19.3 Å². The zero-order chi connectivity index (χ0) is 14.9. The van der Waals surface area contributed by atoms with Crippen LogP contribution in [0.5, 0.6) is 0 Å². The molecule has 2 aromatic rings. The van der Waals surface area contributed by atoms with E-state index in [4.69, 9.17) is 0 Å². The first-order valence-electron chi connectivity index (χ1n) is 7.58. The first-order valence-corrected chi connectivity index (χ1v) is 7.58. The molecule has 0 aromatic carbocycles. The van der Waals surface area contributed by atoms with Crippen LogP contribution in [0.1, 0.15) is 40.6 Å². The minimum atomic E-state index is -0.0927. The molecule has 2 aromatic heterocycles. The third kappa shape index (κ3) is 2.51. The Balaban J connectivity index is 1.57. The van der Waals surface area contributed by atoms with Crippen molar-refractivity contribution in [1.82, 2.24) is 30.3 Å². The van der Waals surface area contributed by atoms with Gasteiger partial charge in [-0.2, -0.15) is 0 Å². The van der Waals surface area contributed by atoms with Gasteiger partial charge in [0.2, 0.25) is 0 Å². The van der Waals surface area contributed by atoms with Gasteiger partial charge < -0.3 is 10.6 Å². The fourth-order valence-electron chi connectivity index (χ4n) is 2.62. The van der Waals surface area contributed by atoms with Crippen molar-refractivity contribution in [2.75, 3.05) is 18.4 Å². The second-order valence-electron chi connectivity index (χ2n) is 5.63. The lowest BCUT2D eigenvalue weighted by Gasteiger charge is -2.20. The van der Waals surface area contributed by atoms with E-state index in [0.29, 0.717) is 31.2 Å². The molecule has 2 aliphatic rings. The molecule has 1 aliphatic carbocycles. The number of aromatic nitrogens is 5. The molecule has 0 radical (unpaired) electrons. The third-order valence-electron chi connectivity index (χ3n) is 3.95. The average Bonchev–Trinajstić information content (AvgIpc) is 3.25. The van der Waals surface area contributed by atoms with Gasteiger partial charge in [0.25, 0.3) is 5.91 Å². The molecule has 1 aliphatic heterocycles. The van der Waals surface area contributed by atoms with Crippen LogP contribution < -0.4 is 10.6 Å². The summed E-state index contributed by atoms with van der Waals surface area (Å²) in [6.07, 6.45) is 6.46. The summed E-state index contributed by atoms with van der Waals surface area (Å²) in [6.45, 7) is 2.01. The molecule has 3 heterocycles. The lowest BCUT2D eigenvalue weighted by atomic mass is 10.1. The van der Waals surface area contributed by atoms with Crippen LogP contribution in [0.15, 0.2) is 12.4 Å². The van der Waals surface area contributed by atoms with Crippen molar-refractivity contribution in [3.05, 3.63) is 29.5 Å². The zero-order valence-corrected chi connectivity index (χ0v) is 12.1. The van der Waals surface area contributed by atoms with Crippen molar-refractivity contribution < 1.29 is 4.79 Å². The highest BCUT2D eigenvalue weighted by Gasteiger charge is 2.31. The summed E-state index contributed by atoms with van der Waals surface area (Å²) >= 11 is 0. The van der Waals surface area contributed by atoms with Crippen LogP contribution in [-0.2, 0) is 13.0 Å². The quantitative estimate of drug-likeness (QED) is 0.826. The number of nitrogens with one attached hydrogen (secondary N) is 2. The highest BCUT2D eigenvalue weighted by Crippen LogP contribution is 2.39. The Kier molecular flexibility index (Phi) is 3.21. The van der Waals surface area contributed by atoms with E-state index >= 15 is 0 Å². The van der Waals surface area contributed by atoms with Gasteiger partial charge in [-0.1, -0.05) is 5.21 Å². The van der Waals surface area contributed by atoms with E-state index < -0.39 is 0 Å². The summed E-state index contributed by atoms with van der Waals surface area (Å²) in [4.78, 5) is 21.2. The number of fused-ring (bicyclic) bond motifs is 1. The van der Waals surface area contributed by atoms with E-state index in [1.165, 1.54) is 0 Å². The second kappa shape index (κ2) is 5.36. The minimum Gasteiger partial charge on any atom is -0.368 e. The van der Waals surface area contributed by atoms with Crippen LogP contribution >= 0.6 is 0 Å². The molecule has 0 atom stereocenters. The van der Waals surface area contributed by atoms with Crippen LogP contribution in [0.3, 0.4) is 0 Å². The number of anilines is 1. The third-order valence-corrected chi connectivity index (χ3v) is 3.95. The van der Waals surface area contributed by atoms with Crippen molar-refractivity contribution in [3.8, 4) is 0 Å². The van der Waals surface area contributed by atoms with Gasteiger partial charge in [-0.25, -0.2) is 9.97 Å². The smallest absolute Gasteiger partial charge is 0.270 e. The average molecular weight is 299 g/mol. The maximum absolute atomic E-state index is 12.0. The van der Waals surface area contributed by atoms with E-state index in [1.54, 1.807) is 10.9 Å². The van der Waals surface area contributed by atoms with Crippen LogP contribution in [-0.4, -0.2) is 44.0 Å². The van der Waals surface area contributed by atoms with E-state index in [1.807, 2.05) is 6.20 Å². The Morgan fingerprint density at radius 3 is 3.05 bits per heavy atom. The zero-order valence-electron chi connectivity index (χ0n) is 12.1. The molecule has 4 rings (SSSR count). The molecule has 0 unspecified atom stereocenters. The molecule has 8 nitrogen and oxygen atoms in total. The SMILES string of the molecule is O=C1NCCc2c(NCCn3ccnn3)nc(C3CC3)nc21. The maximum atomic E-state index is 12.0. The molecule has 0 bridgehead atoms. The monoisotopic (exact) mass is 299 g/mol. The lowest BCUT2D eigenvalue weighted by molar-refractivity contribution is 0.0940. The summed E-state index contributed by atoms with van der Waals surface area (Å²) in [5.41, 5.74) is 1.46. The van der Waals surface area contributed by atoms with Gasteiger partial charge in [0.05, 0.1) is 12.7 Å². The molecule has 0 saturated heterocycles. The summed E-state index contributed by atoms with van der Waals surface area (Å²) in [6, 6.07) is 0.